The Hall–Kier alpha value is -0.120. The van der Waals surface area contributed by atoms with Crippen LogP contribution < -0.4 is 11.2 Å². The number of hydrogen-bond acceptors (Lipinski definition) is 3. The van der Waals surface area contributed by atoms with Gasteiger partial charge in [-0.3, -0.25) is 0 Å². The van der Waals surface area contributed by atoms with Gasteiger partial charge in [-0.15, -0.1) is 0 Å². The molecule has 0 spiro atoms. The summed E-state index contributed by atoms with van der Waals surface area (Å²) < 4.78 is 0. The zero-order valence-electron chi connectivity index (χ0n) is 11.1. The lowest BCUT2D eigenvalue weighted by atomic mass is 9.89. The maximum absolute atomic E-state index is 6.01. The third kappa shape index (κ3) is 4.04. The second-order valence-electron chi connectivity index (χ2n) is 5.14. The van der Waals surface area contributed by atoms with Crippen LogP contribution in [0, 0.1) is 0 Å². The fourth-order valence-electron chi connectivity index (χ4n) is 2.78. The predicted octanol–water partition coefficient (Wildman–Crippen LogP) is 2.27. The minimum Gasteiger partial charge on any atom is -0.329 e. The third-order valence-corrected chi connectivity index (χ3v) is 3.60. The fourth-order valence-corrected chi connectivity index (χ4v) is 2.78. The van der Waals surface area contributed by atoms with E-state index < -0.39 is 0 Å². The number of nitrogens with zero attached hydrogens (tertiary/aromatic N) is 1. The summed E-state index contributed by atoms with van der Waals surface area (Å²) in [6.07, 6.45) is 8.82. The maximum atomic E-state index is 6.01. The molecular weight excluding hydrogens is 198 g/mol. The average Bonchev–Trinajstić information content (AvgIpc) is 2.31. The van der Waals surface area contributed by atoms with E-state index in [9.17, 15) is 0 Å². The first kappa shape index (κ1) is 13.9. The van der Waals surface area contributed by atoms with Gasteiger partial charge >= 0.3 is 0 Å². The molecule has 0 amide bonds. The Morgan fingerprint density at radius 2 is 1.62 bits per heavy atom. The molecule has 0 unspecified atom stereocenters. The molecule has 1 rings (SSSR count). The van der Waals surface area contributed by atoms with Crippen LogP contribution in [0.3, 0.4) is 0 Å². The minimum atomic E-state index is 0.154. The monoisotopic (exact) mass is 227 g/mol. The molecule has 0 saturated carbocycles. The van der Waals surface area contributed by atoms with Crippen molar-refractivity contribution < 1.29 is 0 Å². The van der Waals surface area contributed by atoms with Gasteiger partial charge in [-0.2, -0.15) is 0 Å². The van der Waals surface area contributed by atoms with Crippen molar-refractivity contribution in [2.45, 2.75) is 64.3 Å². The van der Waals surface area contributed by atoms with E-state index in [-0.39, 0.29) is 5.54 Å². The minimum absolute atomic E-state index is 0.154. The van der Waals surface area contributed by atoms with Crippen molar-refractivity contribution in [3.05, 3.63) is 0 Å². The lowest BCUT2D eigenvalue weighted by Gasteiger charge is -2.40. The summed E-state index contributed by atoms with van der Waals surface area (Å²) in [4.78, 5) is 0. The van der Waals surface area contributed by atoms with E-state index in [4.69, 9.17) is 5.73 Å². The zero-order valence-corrected chi connectivity index (χ0v) is 11.1. The Morgan fingerprint density at radius 1 is 1.06 bits per heavy atom. The highest BCUT2D eigenvalue weighted by Crippen LogP contribution is 2.20. The molecule has 1 heterocycles. The van der Waals surface area contributed by atoms with Crippen LogP contribution in [0.25, 0.3) is 0 Å². The van der Waals surface area contributed by atoms with Crippen LogP contribution in [0.5, 0.6) is 0 Å². The summed E-state index contributed by atoms with van der Waals surface area (Å²) in [5, 5.41) is 2.40. The van der Waals surface area contributed by atoms with E-state index in [1.807, 2.05) is 0 Å². The normalized spacial score (nSPS) is 18.9. The number of piperidine rings is 1. The van der Waals surface area contributed by atoms with Crippen molar-refractivity contribution in [3.8, 4) is 0 Å². The first-order valence-corrected chi connectivity index (χ1v) is 6.99. The molecule has 0 aromatic carbocycles. The van der Waals surface area contributed by atoms with Crippen molar-refractivity contribution in [1.29, 1.82) is 0 Å². The zero-order chi connectivity index (χ0) is 11.9. The molecule has 3 nitrogen and oxygen atoms in total. The van der Waals surface area contributed by atoms with Gasteiger partial charge in [0.2, 0.25) is 0 Å². The molecule has 0 bridgehead atoms. The lowest BCUT2D eigenvalue weighted by molar-refractivity contribution is 0.0721. The van der Waals surface area contributed by atoms with Crippen molar-refractivity contribution in [1.82, 2.24) is 10.4 Å². The molecule has 0 aromatic heterocycles. The van der Waals surface area contributed by atoms with Gasteiger partial charge in [0.25, 0.3) is 0 Å². The largest absolute Gasteiger partial charge is 0.329 e. The lowest BCUT2D eigenvalue weighted by Crippen LogP contribution is -2.59. The predicted molar refractivity (Wildman–Crippen MR) is 70.2 cm³/mol. The van der Waals surface area contributed by atoms with Gasteiger partial charge in [0.15, 0.2) is 0 Å². The summed E-state index contributed by atoms with van der Waals surface area (Å²) in [5.74, 6) is 0. The maximum Gasteiger partial charge on any atom is 0.0447 e. The summed E-state index contributed by atoms with van der Waals surface area (Å²) in [6.45, 7) is 7.63. The van der Waals surface area contributed by atoms with Gasteiger partial charge < -0.3 is 5.73 Å². The SMILES string of the molecule is CCCC(CN)(CCC)NN1CCCCC1. The first-order chi connectivity index (χ1) is 7.76. The van der Waals surface area contributed by atoms with Crippen molar-refractivity contribution in [3.63, 3.8) is 0 Å². The quantitative estimate of drug-likeness (QED) is 0.701. The summed E-state index contributed by atoms with van der Waals surface area (Å²) >= 11 is 0. The van der Waals surface area contributed by atoms with Gasteiger partial charge in [0.05, 0.1) is 0 Å². The Kier molecular flexibility index (Phi) is 6.32. The highest BCUT2D eigenvalue weighted by Gasteiger charge is 2.29. The Morgan fingerprint density at radius 3 is 2.06 bits per heavy atom. The van der Waals surface area contributed by atoms with Crippen LogP contribution in [0.4, 0.5) is 0 Å². The Balaban J connectivity index is 2.52. The second kappa shape index (κ2) is 7.25. The van der Waals surface area contributed by atoms with Gasteiger partial charge in [0, 0.05) is 25.2 Å². The van der Waals surface area contributed by atoms with Crippen molar-refractivity contribution in [2.24, 2.45) is 5.73 Å². The molecule has 0 radical (unpaired) electrons. The topological polar surface area (TPSA) is 41.3 Å². The molecule has 96 valence electrons. The van der Waals surface area contributed by atoms with Crippen molar-refractivity contribution >= 4 is 0 Å². The molecule has 3 N–H and O–H groups in total. The molecule has 0 aromatic rings. The van der Waals surface area contributed by atoms with Crippen LogP contribution in [0.2, 0.25) is 0 Å². The van der Waals surface area contributed by atoms with Crippen LogP contribution in [0.15, 0.2) is 0 Å². The van der Waals surface area contributed by atoms with Crippen LogP contribution in [0.1, 0.15) is 58.8 Å². The number of rotatable bonds is 7. The Labute approximate surface area is 101 Å². The van der Waals surface area contributed by atoms with E-state index in [1.54, 1.807) is 0 Å². The van der Waals surface area contributed by atoms with Gasteiger partial charge in [-0.1, -0.05) is 33.1 Å². The summed E-state index contributed by atoms with van der Waals surface area (Å²) in [7, 11) is 0. The molecule has 1 aliphatic heterocycles. The highest BCUT2D eigenvalue weighted by molar-refractivity contribution is 4.88. The van der Waals surface area contributed by atoms with Gasteiger partial charge in [0.1, 0.15) is 0 Å². The molecule has 1 saturated heterocycles. The van der Waals surface area contributed by atoms with Crippen molar-refractivity contribution in [2.75, 3.05) is 19.6 Å². The van der Waals surface area contributed by atoms with Gasteiger partial charge in [-0.05, 0) is 25.7 Å². The van der Waals surface area contributed by atoms with E-state index in [2.05, 4.69) is 24.3 Å². The van der Waals surface area contributed by atoms with Crippen LogP contribution in [-0.2, 0) is 0 Å². The number of hydrogen-bond donors (Lipinski definition) is 2. The highest BCUT2D eigenvalue weighted by atomic mass is 15.5. The third-order valence-electron chi connectivity index (χ3n) is 3.60. The molecular formula is C13H29N3. The van der Waals surface area contributed by atoms with E-state index in [0.29, 0.717) is 0 Å². The van der Waals surface area contributed by atoms with E-state index in [0.717, 1.165) is 6.54 Å². The van der Waals surface area contributed by atoms with Crippen LogP contribution in [-0.4, -0.2) is 30.2 Å². The Bertz CT molecular complexity index is 170. The average molecular weight is 227 g/mol. The summed E-state index contributed by atoms with van der Waals surface area (Å²) in [5.41, 5.74) is 9.89. The molecule has 1 aliphatic rings. The fraction of sp³-hybridized carbons (Fsp3) is 1.00. The van der Waals surface area contributed by atoms with Crippen LogP contribution >= 0.6 is 0 Å². The van der Waals surface area contributed by atoms with E-state index >= 15 is 0 Å². The summed E-state index contributed by atoms with van der Waals surface area (Å²) in [6, 6.07) is 0. The molecule has 0 atom stereocenters. The molecule has 0 aliphatic carbocycles. The van der Waals surface area contributed by atoms with Gasteiger partial charge in [-0.25, -0.2) is 10.4 Å². The standard InChI is InChI=1S/C13H29N3/c1-3-8-13(12-14,9-4-2)15-16-10-6-5-7-11-16/h15H,3-12,14H2,1-2H3. The number of hydrazine groups is 1. The number of nitrogens with one attached hydrogen (secondary N) is 1. The molecule has 1 fully saturated rings. The smallest absolute Gasteiger partial charge is 0.0447 e. The second-order valence-corrected chi connectivity index (χ2v) is 5.14. The van der Waals surface area contributed by atoms with E-state index in [1.165, 1.54) is 58.0 Å². The molecule has 3 heteroatoms. The first-order valence-electron chi connectivity index (χ1n) is 6.99. The molecule has 16 heavy (non-hydrogen) atoms. The number of nitrogens with two attached hydrogens (primary N) is 1.